The Kier molecular flexibility index (Phi) is 6.99. The zero-order valence-corrected chi connectivity index (χ0v) is 15.8. The number of hydrogen-bond donors (Lipinski definition) is 1. The van der Waals surface area contributed by atoms with Crippen molar-refractivity contribution >= 4 is 23.9 Å². The number of hydrogen-bond acceptors (Lipinski definition) is 3. The number of piperidine rings is 1. The first-order valence-corrected chi connectivity index (χ1v) is 9.61. The van der Waals surface area contributed by atoms with E-state index in [0.29, 0.717) is 6.54 Å². The minimum atomic E-state index is -0.0642. The van der Waals surface area contributed by atoms with E-state index < -0.39 is 0 Å². The predicted octanol–water partition coefficient (Wildman–Crippen LogP) is 4.67. The molecule has 0 spiro atoms. The summed E-state index contributed by atoms with van der Waals surface area (Å²) in [6.45, 7) is 4.29. The number of ether oxygens (including phenoxy) is 1. The average Bonchev–Trinajstić information content (AvgIpc) is 2.72. The smallest absolute Gasteiger partial charge is 0.321 e. The standard InChI is InChI=1S/C22H27N3O2/c1-2-15-27-21-10-6-14-25(17-21)22(26)24-20-9-5-7-18(16-20)11-12-19-8-3-4-13-23-19/h3-5,7-9,11-13,16,21H,2,6,10,14-15,17H2,1H3,(H,24,26)/b12-11+/t21-/m1/s1. The van der Waals surface area contributed by atoms with Crippen molar-refractivity contribution in [1.29, 1.82) is 0 Å². The van der Waals surface area contributed by atoms with Crippen molar-refractivity contribution in [1.82, 2.24) is 9.88 Å². The minimum Gasteiger partial charge on any atom is -0.376 e. The third-order valence-corrected chi connectivity index (χ3v) is 4.50. The molecule has 1 aliphatic heterocycles. The third kappa shape index (κ3) is 5.93. The van der Waals surface area contributed by atoms with Crippen LogP contribution in [0, 0.1) is 0 Å². The van der Waals surface area contributed by atoms with Gasteiger partial charge in [-0.1, -0.05) is 31.2 Å². The molecule has 5 heteroatoms. The summed E-state index contributed by atoms with van der Waals surface area (Å²) in [6.07, 6.45) is 8.88. The van der Waals surface area contributed by atoms with Gasteiger partial charge in [-0.25, -0.2) is 4.79 Å². The van der Waals surface area contributed by atoms with Crippen LogP contribution in [0.25, 0.3) is 12.2 Å². The molecule has 2 amide bonds. The number of carbonyl (C=O) groups is 1. The van der Waals surface area contributed by atoms with Crippen LogP contribution in [-0.4, -0.2) is 41.7 Å². The molecule has 0 aliphatic carbocycles. The Morgan fingerprint density at radius 2 is 2.22 bits per heavy atom. The van der Waals surface area contributed by atoms with Crippen molar-refractivity contribution in [2.75, 3.05) is 25.0 Å². The molecule has 0 unspecified atom stereocenters. The number of anilines is 1. The Balaban J connectivity index is 1.58. The molecule has 0 saturated carbocycles. The molecule has 0 radical (unpaired) electrons. The molecule has 1 aromatic heterocycles. The SMILES string of the molecule is CCCO[C@@H]1CCCN(C(=O)Nc2cccc(/C=C/c3ccccn3)c2)C1. The van der Waals surface area contributed by atoms with Crippen LogP contribution in [0.5, 0.6) is 0 Å². The molecular weight excluding hydrogens is 338 g/mol. The van der Waals surface area contributed by atoms with Crippen molar-refractivity contribution in [2.45, 2.75) is 32.3 Å². The molecule has 1 saturated heterocycles. The van der Waals surface area contributed by atoms with Gasteiger partial charge in [0.25, 0.3) is 0 Å². The van der Waals surface area contributed by atoms with Crippen molar-refractivity contribution < 1.29 is 9.53 Å². The van der Waals surface area contributed by atoms with Gasteiger partial charge in [-0.2, -0.15) is 0 Å². The second-order valence-corrected chi connectivity index (χ2v) is 6.72. The largest absolute Gasteiger partial charge is 0.376 e. The number of nitrogens with zero attached hydrogens (tertiary/aromatic N) is 2. The molecule has 1 aliphatic rings. The van der Waals surface area contributed by atoms with Crippen LogP contribution in [-0.2, 0) is 4.74 Å². The summed E-state index contributed by atoms with van der Waals surface area (Å²) in [5.74, 6) is 0. The Labute approximate surface area is 161 Å². The maximum atomic E-state index is 12.6. The molecule has 3 rings (SSSR count). The van der Waals surface area contributed by atoms with Crippen molar-refractivity contribution in [3.8, 4) is 0 Å². The van der Waals surface area contributed by atoms with Crippen molar-refractivity contribution in [3.63, 3.8) is 0 Å². The van der Waals surface area contributed by atoms with Crippen LogP contribution in [0.1, 0.15) is 37.4 Å². The fraction of sp³-hybridized carbons (Fsp3) is 0.364. The first-order chi connectivity index (χ1) is 13.2. The molecule has 5 nitrogen and oxygen atoms in total. The quantitative estimate of drug-likeness (QED) is 0.809. The lowest BCUT2D eigenvalue weighted by atomic mass is 10.1. The van der Waals surface area contributed by atoms with E-state index >= 15 is 0 Å². The normalized spacial score (nSPS) is 17.2. The number of carbonyl (C=O) groups excluding carboxylic acids is 1. The summed E-state index contributed by atoms with van der Waals surface area (Å²) in [5, 5.41) is 3.01. The number of aromatic nitrogens is 1. The molecular formula is C22H27N3O2. The number of benzene rings is 1. The topological polar surface area (TPSA) is 54.5 Å². The lowest BCUT2D eigenvalue weighted by Crippen LogP contribution is -2.45. The number of pyridine rings is 1. The van der Waals surface area contributed by atoms with E-state index in [1.54, 1.807) is 6.20 Å². The highest BCUT2D eigenvalue weighted by Gasteiger charge is 2.24. The number of rotatable bonds is 6. The van der Waals surface area contributed by atoms with Crippen molar-refractivity contribution in [3.05, 3.63) is 59.9 Å². The van der Waals surface area contributed by atoms with Gasteiger partial charge in [-0.05, 0) is 55.2 Å². The Bertz CT molecular complexity index is 761. The van der Waals surface area contributed by atoms with Crippen molar-refractivity contribution in [2.24, 2.45) is 0 Å². The van der Waals surface area contributed by atoms with Crippen LogP contribution >= 0.6 is 0 Å². The Morgan fingerprint density at radius 3 is 3.04 bits per heavy atom. The van der Waals surface area contributed by atoms with Crippen LogP contribution in [0.2, 0.25) is 0 Å². The number of urea groups is 1. The summed E-state index contributed by atoms with van der Waals surface area (Å²) in [5.41, 5.74) is 2.71. The van der Waals surface area contributed by atoms with Gasteiger partial charge in [0.05, 0.1) is 11.8 Å². The summed E-state index contributed by atoms with van der Waals surface area (Å²) < 4.78 is 5.82. The van der Waals surface area contributed by atoms with E-state index in [1.165, 1.54) is 0 Å². The van der Waals surface area contributed by atoms with Gasteiger partial charge in [-0.3, -0.25) is 4.98 Å². The number of amides is 2. The van der Waals surface area contributed by atoms with Gasteiger partial charge in [0.1, 0.15) is 0 Å². The maximum Gasteiger partial charge on any atom is 0.321 e. The van der Waals surface area contributed by atoms with E-state index in [1.807, 2.05) is 59.5 Å². The van der Waals surface area contributed by atoms with Gasteiger partial charge >= 0.3 is 6.03 Å². The predicted molar refractivity (Wildman–Crippen MR) is 109 cm³/mol. The zero-order chi connectivity index (χ0) is 18.9. The van der Waals surface area contributed by atoms with Crippen LogP contribution in [0.15, 0.2) is 48.7 Å². The molecule has 1 N–H and O–H groups in total. The van der Waals surface area contributed by atoms with E-state index in [-0.39, 0.29) is 12.1 Å². The van der Waals surface area contributed by atoms with Crippen LogP contribution < -0.4 is 5.32 Å². The van der Waals surface area contributed by atoms with E-state index in [4.69, 9.17) is 4.74 Å². The second-order valence-electron chi connectivity index (χ2n) is 6.72. The van der Waals surface area contributed by atoms with Crippen LogP contribution in [0.3, 0.4) is 0 Å². The second kappa shape index (κ2) is 9.88. The third-order valence-electron chi connectivity index (χ3n) is 4.50. The first-order valence-electron chi connectivity index (χ1n) is 9.61. The highest BCUT2D eigenvalue weighted by atomic mass is 16.5. The summed E-state index contributed by atoms with van der Waals surface area (Å²) in [7, 11) is 0. The first kappa shape index (κ1) is 19.1. The molecule has 142 valence electrons. The fourth-order valence-electron chi connectivity index (χ4n) is 3.12. The summed E-state index contributed by atoms with van der Waals surface area (Å²) in [4.78, 5) is 18.7. The van der Waals surface area contributed by atoms with E-state index in [2.05, 4.69) is 17.2 Å². The lowest BCUT2D eigenvalue weighted by molar-refractivity contribution is 0.0115. The Morgan fingerprint density at radius 1 is 1.30 bits per heavy atom. The van der Waals surface area contributed by atoms with Gasteiger partial charge in [0.15, 0.2) is 0 Å². The monoisotopic (exact) mass is 365 g/mol. The average molecular weight is 365 g/mol. The molecule has 2 aromatic rings. The highest BCUT2D eigenvalue weighted by Crippen LogP contribution is 2.17. The van der Waals surface area contributed by atoms with E-state index in [0.717, 1.165) is 49.4 Å². The van der Waals surface area contributed by atoms with Gasteiger partial charge in [0, 0.05) is 31.6 Å². The van der Waals surface area contributed by atoms with Gasteiger partial charge in [0.2, 0.25) is 0 Å². The summed E-state index contributed by atoms with van der Waals surface area (Å²) in [6, 6.07) is 13.6. The molecule has 27 heavy (non-hydrogen) atoms. The highest BCUT2D eigenvalue weighted by molar-refractivity contribution is 5.90. The van der Waals surface area contributed by atoms with Gasteiger partial charge < -0.3 is 15.0 Å². The Hall–Kier alpha value is -2.66. The number of nitrogens with one attached hydrogen (secondary N) is 1. The lowest BCUT2D eigenvalue weighted by Gasteiger charge is -2.32. The van der Waals surface area contributed by atoms with Gasteiger partial charge in [-0.15, -0.1) is 0 Å². The molecule has 1 aromatic carbocycles. The molecule has 2 heterocycles. The maximum absolute atomic E-state index is 12.6. The summed E-state index contributed by atoms with van der Waals surface area (Å²) >= 11 is 0. The van der Waals surface area contributed by atoms with Crippen LogP contribution in [0.4, 0.5) is 10.5 Å². The fourth-order valence-corrected chi connectivity index (χ4v) is 3.12. The molecule has 1 atom stereocenters. The molecule has 1 fully saturated rings. The molecule has 0 bridgehead atoms. The zero-order valence-electron chi connectivity index (χ0n) is 15.8. The van der Waals surface area contributed by atoms with E-state index in [9.17, 15) is 4.79 Å². The number of likely N-dealkylation sites (tertiary alicyclic amines) is 1. The minimum absolute atomic E-state index is 0.0642.